The molecule has 5 heteroatoms. The van der Waals surface area contributed by atoms with E-state index in [0.29, 0.717) is 0 Å². The number of pyridine rings is 1. The summed E-state index contributed by atoms with van der Waals surface area (Å²) in [6, 6.07) is 10.4. The molecule has 1 aromatic heterocycles. The standard InChI is InChI=1S/C14H14Br2N2S/c1-9(17)6-10-2-3-11(15)7-13(10)19-14-5-4-12(16)8-18-14/h2-5,7-9H,6,17H2,1H3. The minimum absolute atomic E-state index is 0.151. The quantitative estimate of drug-likeness (QED) is 0.810. The Morgan fingerprint density at radius 2 is 1.95 bits per heavy atom. The zero-order chi connectivity index (χ0) is 13.8. The minimum Gasteiger partial charge on any atom is -0.328 e. The third kappa shape index (κ3) is 4.60. The Labute approximate surface area is 134 Å². The van der Waals surface area contributed by atoms with E-state index in [0.717, 1.165) is 20.4 Å². The van der Waals surface area contributed by atoms with E-state index < -0.39 is 0 Å². The molecule has 0 saturated carbocycles. The van der Waals surface area contributed by atoms with Crippen molar-refractivity contribution in [3.63, 3.8) is 0 Å². The van der Waals surface area contributed by atoms with E-state index in [9.17, 15) is 0 Å². The van der Waals surface area contributed by atoms with Crippen molar-refractivity contribution in [3.05, 3.63) is 51.0 Å². The SMILES string of the molecule is CC(N)Cc1ccc(Br)cc1Sc1ccc(Br)cn1. The highest BCUT2D eigenvalue weighted by Crippen LogP contribution is 2.32. The highest BCUT2D eigenvalue weighted by molar-refractivity contribution is 9.10. The maximum Gasteiger partial charge on any atom is 0.101 e. The Balaban J connectivity index is 2.27. The van der Waals surface area contributed by atoms with Crippen LogP contribution in [0.25, 0.3) is 0 Å². The van der Waals surface area contributed by atoms with Crippen molar-refractivity contribution in [3.8, 4) is 0 Å². The summed E-state index contributed by atoms with van der Waals surface area (Å²) in [6.45, 7) is 2.02. The van der Waals surface area contributed by atoms with Crippen LogP contribution in [0, 0.1) is 0 Å². The summed E-state index contributed by atoms with van der Waals surface area (Å²) in [5.74, 6) is 0. The van der Waals surface area contributed by atoms with Crippen LogP contribution in [0.15, 0.2) is 55.4 Å². The molecule has 0 spiro atoms. The first-order chi connectivity index (χ1) is 9.04. The third-order valence-corrected chi connectivity index (χ3v) is 4.50. The van der Waals surface area contributed by atoms with Gasteiger partial charge in [-0.1, -0.05) is 33.8 Å². The number of hydrogen-bond acceptors (Lipinski definition) is 3. The van der Waals surface area contributed by atoms with Crippen molar-refractivity contribution in [2.45, 2.75) is 29.3 Å². The van der Waals surface area contributed by atoms with Crippen LogP contribution in [0.4, 0.5) is 0 Å². The lowest BCUT2D eigenvalue weighted by Crippen LogP contribution is -2.18. The third-order valence-electron chi connectivity index (χ3n) is 2.49. The zero-order valence-electron chi connectivity index (χ0n) is 10.4. The summed E-state index contributed by atoms with van der Waals surface area (Å²) in [5.41, 5.74) is 7.16. The molecule has 2 rings (SSSR count). The molecule has 1 aromatic carbocycles. The van der Waals surface area contributed by atoms with Crippen molar-refractivity contribution in [1.82, 2.24) is 4.98 Å². The number of rotatable bonds is 4. The van der Waals surface area contributed by atoms with Gasteiger partial charge in [-0.2, -0.15) is 0 Å². The van der Waals surface area contributed by atoms with Gasteiger partial charge >= 0.3 is 0 Å². The number of nitrogens with two attached hydrogens (primary N) is 1. The Kier molecular flexibility index (Phi) is 5.45. The first-order valence-electron chi connectivity index (χ1n) is 5.88. The Hall–Kier alpha value is -0.360. The molecule has 2 aromatic rings. The maximum atomic E-state index is 5.90. The van der Waals surface area contributed by atoms with Gasteiger partial charge in [0.25, 0.3) is 0 Å². The summed E-state index contributed by atoms with van der Waals surface area (Å²) in [4.78, 5) is 5.59. The molecule has 1 unspecified atom stereocenters. The van der Waals surface area contributed by atoms with E-state index in [-0.39, 0.29) is 6.04 Å². The molecule has 1 atom stereocenters. The van der Waals surface area contributed by atoms with Crippen LogP contribution >= 0.6 is 43.6 Å². The number of nitrogens with zero attached hydrogens (tertiary/aromatic N) is 1. The van der Waals surface area contributed by atoms with Gasteiger partial charge in [-0.3, -0.25) is 0 Å². The van der Waals surface area contributed by atoms with E-state index in [1.807, 2.05) is 25.3 Å². The number of halogens is 2. The van der Waals surface area contributed by atoms with Gasteiger partial charge in [-0.25, -0.2) is 4.98 Å². The molecule has 100 valence electrons. The number of hydrogen-bond donors (Lipinski definition) is 1. The van der Waals surface area contributed by atoms with Gasteiger partial charge in [0, 0.05) is 26.1 Å². The molecule has 0 amide bonds. The fourth-order valence-corrected chi connectivity index (χ4v) is 3.36. The van der Waals surface area contributed by atoms with Gasteiger partial charge in [0.2, 0.25) is 0 Å². The van der Waals surface area contributed by atoms with Gasteiger partial charge in [0.15, 0.2) is 0 Å². The predicted molar refractivity (Wildman–Crippen MR) is 87.6 cm³/mol. The molecule has 0 fully saturated rings. The van der Waals surface area contributed by atoms with Crippen LogP contribution in [0.5, 0.6) is 0 Å². The average Bonchev–Trinajstić information content (AvgIpc) is 2.35. The average molecular weight is 402 g/mol. The Morgan fingerprint density at radius 1 is 1.21 bits per heavy atom. The summed E-state index contributed by atoms with van der Waals surface area (Å²) in [7, 11) is 0. The lowest BCUT2D eigenvalue weighted by Gasteiger charge is -2.11. The monoisotopic (exact) mass is 400 g/mol. The van der Waals surface area contributed by atoms with Gasteiger partial charge < -0.3 is 5.73 Å². The second-order valence-electron chi connectivity index (χ2n) is 4.35. The number of benzene rings is 1. The van der Waals surface area contributed by atoms with Crippen molar-refractivity contribution in [2.24, 2.45) is 5.73 Å². The normalized spacial score (nSPS) is 12.4. The minimum atomic E-state index is 0.151. The Morgan fingerprint density at radius 3 is 2.58 bits per heavy atom. The smallest absolute Gasteiger partial charge is 0.101 e. The van der Waals surface area contributed by atoms with Crippen LogP contribution < -0.4 is 5.73 Å². The van der Waals surface area contributed by atoms with Crippen LogP contribution in [0.2, 0.25) is 0 Å². The number of aromatic nitrogens is 1. The molecular formula is C14H14Br2N2S. The molecule has 19 heavy (non-hydrogen) atoms. The predicted octanol–water partition coefficient (Wildman–Crippen LogP) is 4.65. The molecule has 0 radical (unpaired) electrons. The van der Waals surface area contributed by atoms with Crippen molar-refractivity contribution < 1.29 is 0 Å². The van der Waals surface area contributed by atoms with Gasteiger partial charge in [0.05, 0.1) is 0 Å². The van der Waals surface area contributed by atoms with Gasteiger partial charge in [-0.15, -0.1) is 0 Å². The van der Waals surface area contributed by atoms with E-state index in [2.05, 4.69) is 55.0 Å². The van der Waals surface area contributed by atoms with Crippen LogP contribution in [-0.2, 0) is 6.42 Å². The van der Waals surface area contributed by atoms with Crippen LogP contribution in [-0.4, -0.2) is 11.0 Å². The van der Waals surface area contributed by atoms with Crippen molar-refractivity contribution in [2.75, 3.05) is 0 Å². The molecule has 2 N–H and O–H groups in total. The van der Waals surface area contributed by atoms with E-state index in [4.69, 9.17) is 5.73 Å². The first-order valence-corrected chi connectivity index (χ1v) is 8.28. The molecular weight excluding hydrogens is 388 g/mol. The fourth-order valence-electron chi connectivity index (χ4n) is 1.67. The van der Waals surface area contributed by atoms with E-state index >= 15 is 0 Å². The van der Waals surface area contributed by atoms with Crippen molar-refractivity contribution >= 4 is 43.6 Å². The largest absolute Gasteiger partial charge is 0.328 e. The van der Waals surface area contributed by atoms with Crippen LogP contribution in [0.3, 0.4) is 0 Å². The molecule has 0 aliphatic carbocycles. The fraction of sp³-hybridized carbons (Fsp3) is 0.214. The van der Waals surface area contributed by atoms with E-state index in [1.54, 1.807) is 11.8 Å². The summed E-state index contributed by atoms with van der Waals surface area (Å²) >= 11 is 8.57. The lowest BCUT2D eigenvalue weighted by molar-refractivity contribution is 0.729. The summed E-state index contributed by atoms with van der Waals surface area (Å²) in [5, 5.41) is 0.979. The molecule has 0 aliphatic rings. The topological polar surface area (TPSA) is 38.9 Å². The highest BCUT2D eigenvalue weighted by atomic mass is 79.9. The summed E-state index contributed by atoms with van der Waals surface area (Å²) in [6.07, 6.45) is 2.68. The second kappa shape index (κ2) is 6.88. The van der Waals surface area contributed by atoms with Crippen LogP contribution in [0.1, 0.15) is 12.5 Å². The second-order valence-corrected chi connectivity index (χ2v) is 7.24. The maximum absolute atomic E-state index is 5.90. The molecule has 1 heterocycles. The molecule has 0 saturated heterocycles. The molecule has 2 nitrogen and oxygen atoms in total. The Bertz CT molecular complexity index is 556. The van der Waals surface area contributed by atoms with E-state index in [1.165, 1.54) is 10.5 Å². The highest BCUT2D eigenvalue weighted by Gasteiger charge is 2.08. The van der Waals surface area contributed by atoms with Gasteiger partial charge in [0.1, 0.15) is 5.03 Å². The summed E-state index contributed by atoms with van der Waals surface area (Å²) < 4.78 is 2.06. The first kappa shape index (κ1) is 15.0. The molecule has 0 bridgehead atoms. The lowest BCUT2D eigenvalue weighted by atomic mass is 10.1. The zero-order valence-corrected chi connectivity index (χ0v) is 14.4. The van der Waals surface area contributed by atoms with Crippen molar-refractivity contribution in [1.29, 1.82) is 0 Å². The molecule has 0 aliphatic heterocycles. The van der Waals surface area contributed by atoms with Gasteiger partial charge in [-0.05, 0) is 59.1 Å².